The summed E-state index contributed by atoms with van der Waals surface area (Å²) in [5.74, 6) is 1.52. The minimum absolute atomic E-state index is 0.123. The van der Waals surface area contributed by atoms with Crippen LogP contribution in [0.1, 0.15) is 49.9 Å². The summed E-state index contributed by atoms with van der Waals surface area (Å²) < 4.78 is 5.27. The Labute approximate surface area is 127 Å². The first-order valence-corrected chi connectivity index (χ1v) is 7.78. The van der Waals surface area contributed by atoms with Crippen LogP contribution in [-0.2, 0) is 0 Å². The fourth-order valence-corrected chi connectivity index (χ4v) is 3.34. The molecular formula is C17H26N2O2. The van der Waals surface area contributed by atoms with Gasteiger partial charge in [0.1, 0.15) is 11.3 Å². The normalized spacial score (nSPS) is 22.1. The maximum absolute atomic E-state index is 12.6. The highest BCUT2D eigenvalue weighted by atomic mass is 16.5. The van der Waals surface area contributed by atoms with Crippen LogP contribution in [0.3, 0.4) is 0 Å². The van der Waals surface area contributed by atoms with Crippen molar-refractivity contribution in [2.75, 3.05) is 12.8 Å². The molecule has 4 heteroatoms. The van der Waals surface area contributed by atoms with Crippen molar-refractivity contribution in [1.82, 2.24) is 5.32 Å². The molecule has 21 heavy (non-hydrogen) atoms. The van der Waals surface area contributed by atoms with E-state index in [-0.39, 0.29) is 11.9 Å². The smallest absolute Gasteiger partial charge is 0.257 e. The molecule has 1 aromatic carbocycles. The van der Waals surface area contributed by atoms with Gasteiger partial charge in [0.15, 0.2) is 0 Å². The van der Waals surface area contributed by atoms with Crippen LogP contribution in [0.25, 0.3) is 0 Å². The monoisotopic (exact) mass is 290 g/mol. The molecule has 2 unspecified atom stereocenters. The molecule has 3 N–H and O–H groups in total. The van der Waals surface area contributed by atoms with Gasteiger partial charge in [-0.25, -0.2) is 0 Å². The van der Waals surface area contributed by atoms with E-state index in [0.717, 1.165) is 6.42 Å². The lowest BCUT2D eigenvalue weighted by Gasteiger charge is -2.35. The highest BCUT2D eigenvalue weighted by Gasteiger charge is 2.29. The van der Waals surface area contributed by atoms with Crippen LogP contribution >= 0.6 is 0 Å². The molecule has 0 aromatic heterocycles. The van der Waals surface area contributed by atoms with Crippen LogP contribution in [0.15, 0.2) is 18.2 Å². The quantitative estimate of drug-likeness (QED) is 0.837. The van der Waals surface area contributed by atoms with E-state index in [9.17, 15) is 4.79 Å². The van der Waals surface area contributed by atoms with E-state index in [1.165, 1.54) is 19.3 Å². The number of methoxy groups -OCH3 is 1. The molecule has 0 aliphatic heterocycles. The predicted molar refractivity (Wildman–Crippen MR) is 85.5 cm³/mol. The molecule has 1 fully saturated rings. The number of ether oxygens (including phenoxy) is 1. The fourth-order valence-electron chi connectivity index (χ4n) is 3.34. The van der Waals surface area contributed by atoms with Gasteiger partial charge in [-0.2, -0.15) is 0 Å². The van der Waals surface area contributed by atoms with E-state index in [1.54, 1.807) is 25.3 Å². The number of benzene rings is 1. The summed E-state index contributed by atoms with van der Waals surface area (Å²) in [5, 5.41) is 3.18. The van der Waals surface area contributed by atoms with E-state index in [0.29, 0.717) is 28.8 Å². The lowest BCUT2D eigenvalue weighted by atomic mass is 9.78. The van der Waals surface area contributed by atoms with Gasteiger partial charge in [-0.15, -0.1) is 0 Å². The summed E-state index contributed by atoms with van der Waals surface area (Å²) in [6.07, 6.45) is 4.66. The molecule has 0 radical (unpaired) electrons. The zero-order valence-corrected chi connectivity index (χ0v) is 13.2. The van der Waals surface area contributed by atoms with Gasteiger partial charge < -0.3 is 15.8 Å². The third kappa shape index (κ3) is 3.49. The van der Waals surface area contributed by atoms with Crippen LogP contribution in [0.5, 0.6) is 5.75 Å². The third-order valence-corrected chi connectivity index (χ3v) is 4.50. The van der Waals surface area contributed by atoms with Crippen molar-refractivity contribution < 1.29 is 9.53 Å². The van der Waals surface area contributed by atoms with Crippen molar-refractivity contribution >= 4 is 11.6 Å². The second kappa shape index (κ2) is 6.83. The van der Waals surface area contributed by atoms with Gasteiger partial charge in [-0.1, -0.05) is 32.8 Å². The molecule has 2 atom stereocenters. The van der Waals surface area contributed by atoms with Crippen LogP contribution in [-0.4, -0.2) is 19.1 Å². The van der Waals surface area contributed by atoms with Gasteiger partial charge >= 0.3 is 0 Å². The molecular weight excluding hydrogens is 264 g/mol. The number of hydrogen-bond donors (Lipinski definition) is 2. The summed E-state index contributed by atoms with van der Waals surface area (Å²) in [7, 11) is 1.56. The van der Waals surface area contributed by atoms with Gasteiger partial charge in [-0.3, -0.25) is 4.79 Å². The largest absolute Gasteiger partial charge is 0.496 e. The second-order valence-corrected chi connectivity index (χ2v) is 6.20. The fraction of sp³-hybridized carbons (Fsp3) is 0.588. The van der Waals surface area contributed by atoms with E-state index >= 15 is 0 Å². The molecule has 116 valence electrons. The maximum Gasteiger partial charge on any atom is 0.257 e. The Morgan fingerprint density at radius 1 is 1.33 bits per heavy atom. The van der Waals surface area contributed by atoms with E-state index in [1.807, 2.05) is 0 Å². The molecule has 1 aliphatic carbocycles. The first-order valence-electron chi connectivity index (χ1n) is 7.78. The predicted octanol–water partition coefficient (Wildman–Crippen LogP) is 3.22. The van der Waals surface area contributed by atoms with Crippen LogP contribution in [0.2, 0.25) is 0 Å². The summed E-state index contributed by atoms with van der Waals surface area (Å²) in [5.41, 5.74) is 6.87. The molecule has 1 aromatic rings. The lowest BCUT2D eigenvalue weighted by Crippen LogP contribution is -2.44. The Morgan fingerprint density at radius 2 is 2.05 bits per heavy atom. The number of nitrogens with one attached hydrogen (secondary N) is 1. The Morgan fingerprint density at radius 3 is 2.71 bits per heavy atom. The van der Waals surface area contributed by atoms with E-state index in [4.69, 9.17) is 10.5 Å². The number of carbonyl (C=O) groups is 1. The average molecular weight is 290 g/mol. The maximum atomic E-state index is 12.6. The number of carbonyl (C=O) groups excluding carboxylic acids is 1. The highest BCUT2D eigenvalue weighted by molar-refractivity contribution is 6.02. The van der Waals surface area contributed by atoms with Gasteiger partial charge in [0.25, 0.3) is 5.91 Å². The van der Waals surface area contributed by atoms with Gasteiger partial charge in [-0.05, 0) is 36.8 Å². The molecule has 4 nitrogen and oxygen atoms in total. The molecule has 0 saturated heterocycles. The Balaban J connectivity index is 2.17. The Bertz CT molecular complexity index is 500. The number of anilines is 1. The number of hydrogen-bond acceptors (Lipinski definition) is 3. The number of amides is 1. The minimum Gasteiger partial charge on any atom is -0.496 e. The summed E-state index contributed by atoms with van der Waals surface area (Å²) in [6, 6.07) is 5.53. The molecule has 0 bridgehead atoms. The number of nitrogen functional groups attached to an aromatic ring is 1. The molecule has 2 rings (SSSR count). The molecule has 1 amide bonds. The third-order valence-electron chi connectivity index (χ3n) is 4.50. The van der Waals surface area contributed by atoms with Gasteiger partial charge in [0.2, 0.25) is 0 Å². The van der Waals surface area contributed by atoms with Gasteiger partial charge in [0, 0.05) is 11.7 Å². The Hall–Kier alpha value is -1.71. The van der Waals surface area contributed by atoms with Gasteiger partial charge in [0.05, 0.1) is 7.11 Å². The number of nitrogens with two attached hydrogens (primary N) is 1. The molecule has 0 heterocycles. The average Bonchev–Trinajstić information content (AvgIpc) is 2.47. The molecule has 0 spiro atoms. The Kier molecular flexibility index (Phi) is 5.10. The van der Waals surface area contributed by atoms with Crippen molar-refractivity contribution in [3.8, 4) is 5.75 Å². The van der Waals surface area contributed by atoms with Crippen LogP contribution in [0.4, 0.5) is 5.69 Å². The topological polar surface area (TPSA) is 64.3 Å². The van der Waals surface area contributed by atoms with E-state index < -0.39 is 0 Å². The van der Waals surface area contributed by atoms with Crippen LogP contribution in [0, 0.1) is 11.8 Å². The minimum atomic E-state index is -0.123. The first kappa shape index (κ1) is 15.7. The SMILES string of the molecule is COc1cccc(N)c1C(=O)NC1CCCCC1C(C)C. The first-order chi connectivity index (χ1) is 10.0. The van der Waals surface area contributed by atoms with Crippen molar-refractivity contribution in [1.29, 1.82) is 0 Å². The second-order valence-electron chi connectivity index (χ2n) is 6.20. The van der Waals surface area contributed by atoms with Crippen molar-refractivity contribution in [3.05, 3.63) is 23.8 Å². The zero-order chi connectivity index (χ0) is 15.4. The summed E-state index contributed by atoms with van der Waals surface area (Å²) in [6.45, 7) is 4.46. The van der Waals surface area contributed by atoms with Crippen molar-refractivity contribution in [3.63, 3.8) is 0 Å². The molecule has 1 aliphatic rings. The number of rotatable bonds is 4. The van der Waals surface area contributed by atoms with Crippen molar-refractivity contribution in [2.45, 2.75) is 45.6 Å². The lowest BCUT2D eigenvalue weighted by molar-refractivity contribution is 0.0887. The van der Waals surface area contributed by atoms with Crippen LogP contribution < -0.4 is 15.8 Å². The highest BCUT2D eigenvalue weighted by Crippen LogP contribution is 2.31. The van der Waals surface area contributed by atoms with E-state index in [2.05, 4.69) is 19.2 Å². The summed E-state index contributed by atoms with van der Waals surface area (Å²) >= 11 is 0. The molecule has 1 saturated carbocycles. The van der Waals surface area contributed by atoms with Crippen molar-refractivity contribution in [2.24, 2.45) is 11.8 Å². The zero-order valence-electron chi connectivity index (χ0n) is 13.2. The summed E-state index contributed by atoms with van der Waals surface area (Å²) in [4.78, 5) is 12.6. The standard InChI is InChI=1S/C17H26N2O2/c1-11(2)12-7-4-5-9-14(12)19-17(20)16-13(18)8-6-10-15(16)21-3/h6,8,10-12,14H,4-5,7,9,18H2,1-3H3,(H,19,20).